The summed E-state index contributed by atoms with van der Waals surface area (Å²) in [6.07, 6.45) is 6.61. The van der Waals surface area contributed by atoms with E-state index in [1.165, 1.54) is 17.5 Å². The fourth-order valence-corrected chi connectivity index (χ4v) is 4.50. The molecule has 4 nitrogen and oxygen atoms in total. The number of ether oxygens (including phenoxy) is 2. The van der Waals surface area contributed by atoms with Crippen molar-refractivity contribution in [2.24, 2.45) is 0 Å². The van der Waals surface area contributed by atoms with E-state index in [0.717, 1.165) is 37.6 Å². The first kappa shape index (κ1) is 15.0. The Hall–Kier alpha value is -1.52. The van der Waals surface area contributed by atoms with Gasteiger partial charge in [-0.05, 0) is 37.6 Å². The Balaban J connectivity index is 1.87. The average molecular weight is 315 g/mol. The summed E-state index contributed by atoms with van der Waals surface area (Å²) in [7, 11) is 1.70. The number of nitrogens with zero attached hydrogens (tertiary/aromatic N) is 1. The SMILES string of the molecule is CCCN1CCC23C=CC(O)C[C@H]2Oc2c(OC)ccc(c23)C1. The minimum absolute atomic E-state index is 0.00845. The fraction of sp³-hybridized carbons (Fsp3) is 0.579. The monoisotopic (exact) mass is 315 g/mol. The third-order valence-corrected chi connectivity index (χ3v) is 5.57. The van der Waals surface area contributed by atoms with Crippen molar-refractivity contribution >= 4 is 0 Å². The number of methoxy groups -OCH3 is 1. The van der Waals surface area contributed by atoms with Crippen LogP contribution in [-0.2, 0) is 12.0 Å². The van der Waals surface area contributed by atoms with E-state index in [1.54, 1.807) is 7.11 Å². The van der Waals surface area contributed by atoms with Crippen molar-refractivity contribution in [3.63, 3.8) is 0 Å². The molecule has 1 aromatic carbocycles. The average Bonchev–Trinajstić information content (AvgIpc) is 2.79. The Morgan fingerprint density at radius 2 is 2.30 bits per heavy atom. The zero-order chi connectivity index (χ0) is 16.0. The highest BCUT2D eigenvalue weighted by atomic mass is 16.5. The minimum Gasteiger partial charge on any atom is -0.493 e. The Kier molecular flexibility index (Phi) is 3.62. The van der Waals surface area contributed by atoms with Gasteiger partial charge in [0.2, 0.25) is 0 Å². The first-order valence-corrected chi connectivity index (χ1v) is 8.64. The molecule has 0 radical (unpaired) electrons. The van der Waals surface area contributed by atoms with Crippen molar-refractivity contribution in [1.29, 1.82) is 0 Å². The van der Waals surface area contributed by atoms with Crippen LogP contribution in [0.15, 0.2) is 24.3 Å². The molecule has 1 aromatic rings. The van der Waals surface area contributed by atoms with Crippen LogP contribution < -0.4 is 9.47 Å². The third kappa shape index (κ3) is 2.19. The van der Waals surface area contributed by atoms with Gasteiger partial charge in [0.25, 0.3) is 0 Å². The Morgan fingerprint density at radius 1 is 1.43 bits per heavy atom. The lowest BCUT2D eigenvalue weighted by Gasteiger charge is -2.35. The second-order valence-electron chi connectivity index (χ2n) is 6.97. The van der Waals surface area contributed by atoms with E-state index < -0.39 is 6.10 Å². The van der Waals surface area contributed by atoms with Crippen LogP contribution in [0.4, 0.5) is 0 Å². The standard InChI is InChI=1S/C19H25NO3/c1-3-9-20-10-8-19-7-6-14(21)11-16(19)23-18-15(22-2)5-4-13(12-20)17(18)19/h4-7,14,16,21H,3,8-12H2,1-2H3/t14?,16-,19?/m1/s1. The van der Waals surface area contributed by atoms with Gasteiger partial charge in [-0.15, -0.1) is 0 Å². The lowest BCUT2D eigenvalue weighted by atomic mass is 9.69. The van der Waals surface area contributed by atoms with Gasteiger partial charge in [0, 0.05) is 18.5 Å². The smallest absolute Gasteiger partial charge is 0.166 e. The Morgan fingerprint density at radius 3 is 3.09 bits per heavy atom. The van der Waals surface area contributed by atoms with Gasteiger partial charge in [-0.3, -0.25) is 4.90 Å². The lowest BCUT2D eigenvalue weighted by molar-refractivity contribution is 0.0810. The van der Waals surface area contributed by atoms with E-state index in [2.05, 4.69) is 24.0 Å². The molecule has 2 unspecified atom stereocenters. The number of benzene rings is 1. The summed E-state index contributed by atoms with van der Waals surface area (Å²) in [4.78, 5) is 2.53. The maximum Gasteiger partial charge on any atom is 0.166 e. The summed E-state index contributed by atoms with van der Waals surface area (Å²) in [6.45, 7) is 5.38. The molecule has 0 saturated heterocycles. The summed E-state index contributed by atoms with van der Waals surface area (Å²) in [5.74, 6) is 1.71. The van der Waals surface area contributed by atoms with Crippen LogP contribution in [0.25, 0.3) is 0 Å². The molecule has 124 valence electrons. The van der Waals surface area contributed by atoms with Crippen molar-refractivity contribution in [3.05, 3.63) is 35.4 Å². The maximum absolute atomic E-state index is 10.1. The van der Waals surface area contributed by atoms with E-state index in [-0.39, 0.29) is 11.5 Å². The highest BCUT2D eigenvalue weighted by Gasteiger charge is 2.52. The van der Waals surface area contributed by atoms with Gasteiger partial charge in [0.05, 0.1) is 18.6 Å². The van der Waals surface area contributed by atoms with E-state index in [9.17, 15) is 5.11 Å². The topological polar surface area (TPSA) is 41.9 Å². The molecule has 2 aliphatic heterocycles. The van der Waals surface area contributed by atoms with E-state index in [0.29, 0.717) is 6.42 Å². The van der Waals surface area contributed by atoms with Crippen LogP contribution in [-0.4, -0.2) is 42.4 Å². The largest absolute Gasteiger partial charge is 0.493 e. The summed E-state index contributed by atoms with van der Waals surface area (Å²) < 4.78 is 11.9. The molecule has 2 heterocycles. The van der Waals surface area contributed by atoms with Crippen molar-refractivity contribution in [3.8, 4) is 11.5 Å². The van der Waals surface area contributed by atoms with Crippen molar-refractivity contribution in [2.45, 2.75) is 50.4 Å². The molecule has 4 rings (SSSR count). The van der Waals surface area contributed by atoms with Crippen LogP contribution in [0, 0.1) is 0 Å². The van der Waals surface area contributed by atoms with Gasteiger partial charge < -0.3 is 14.6 Å². The molecule has 0 bridgehead atoms. The zero-order valence-electron chi connectivity index (χ0n) is 13.9. The zero-order valence-corrected chi connectivity index (χ0v) is 13.9. The van der Waals surface area contributed by atoms with Gasteiger partial charge in [-0.1, -0.05) is 25.1 Å². The molecule has 4 heteroatoms. The lowest BCUT2D eigenvalue weighted by Crippen LogP contribution is -2.43. The first-order chi connectivity index (χ1) is 11.2. The molecule has 0 saturated carbocycles. The summed E-state index contributed by atoms with van der Waals surface area (Å²) in [5.41, 5.74) is 2.53. The van der Waals surface area contributed by atoms with Crippen LogP contribution in [0.2, 0.25) is 0 Å². The molecule has 1 spiro atoms. The van der Waals surface area contributed by atoms with Crippen molar-refractivity contribution < 1.29 is 14.6 Å². The fourth-order valence-electron chi connectivity index (χ4n) is 4.50. The molecule has 0 fully saturated rings. The molecule has 0 aromatic heterocycles. The van der Waals surface area contributed by atoms with Gasteiger partial charge in [0.15, 0.2) is 11.5 Å². The molecule has 1 aliphatic carbocycles. The number of hydrogen-bond acceptors (Lipinski definition) is 4. The van der Waals surface area contributed by atoms with E-state index in [4.69, 9.17) is 9.47 Å². The van der Waals surface area contributed by atoms with Gasteiger partial charge in [0.1, 0.15) is 6.10 Å². The number of aliphatic hydroxyl groups is 1. The minimum atomic E-state index is -0.413. The quantitative estimate of drug-likeness (QED) is 0.871. The molecular formula is C19H25NO3. The predicted octanol–water partition coefficient (Wildman–Crippen LogP) is 2.63. The molecule has 3 aliphatic rings. The first-order valence-electron chi connectivity index (χ1n) is 8.64. The molecule has 0 amide bonds. The van der Waals surface area contributed by atoms with Crippen LogP contribution in [0.1, 0.15) is 37.3 Å². The summed E-state index contributed by atoms with van der Waals surface area (Å²) >= 11 is 0. The second-order valence-corrected chi connectivity index (χ2v) is 6.97. The summed E-state index contributed by atoms with van der Waals surface area (Å²) in [6, 6.07) is 4.22. The highest BCUT2D eigenvalue weighted by molar-refractivity contribution is 5.60. The van der Waals surface area contributed by atoms with Crippen LogP contribution >= 0.6 is 0 Å². The van der Waals surface area contributed by atoms with Crippen molar-refractivity contribution in [2.75, 3.05) is 20.2 Å². The maximum atomic E-state index is 10.1. The number of aliphatic hydroxyl groups excluding tert-OH is 1. The normalized spacial score (nSPS) is 32.0. The highest BCUT2D eigenvalue weighted by Crippen LogP contribution is 2.55. The van der Waals surface area contributed by atoms with Gasteiger partial charge in [-0.25, -0.2) is 0 Å². The van der Waals surface area contributed by atoms with Crippen LogP contribution in [0.5, 0.6) is 11.5 Å². The van der Waals surface area contributed by atoms with Gasteiger partial charge >= 0.3 is 0 Å². The van der Waals surface area contributed by atoms with E-state index >= 15 is 0 Å². The van der Waals surface area contributed by atoms with Gasteiger partial charge in [-0.2, -0.15) is 0 Å². The molecular weight excluding hydrogens is 290 g/mol. The predicted molar refractivity (Wildman–Crippen MR) is 89.0 cm³/mol. The van der Waals surface area contributed by atoms with Crippen LogP contribution in [0.3, 0.4) is 0 Å². The summed E-state index contributed by atoms with van der Waals surface area (Å²) in [5, 5.41) is 10.1. The van der Waals surface area contributed by atoms with Crippen molar-refractivity contribution in [1.82, 2.24) is 4.90 Å². The molecule has 23 heavy (non-hydrogen) atoms. The number of hydrogen-bond donors (Lipinski definition) is 1. The van der Waals surface area contributed by atoms with E-state index in [1.807, 2.05) is 12.1 Å². The molecule has 3 atom stereocenters. The number of rotatable bonds is 3. The third-order valence-electron chi connectivity index (χ3n) is 5.57. The molecule has 1 N–H and O–H groups in total. The Bertz CT molecular complexity index is 642. The second kappa shape index (κ2) is 5.53. The Labute approximate surface area is 137 Å².